The van der Waals surface area contributed by atoms with E-state index in [2.05, 4.69) is 5.32 Å². The van der Waals surface area contributed by atoms with Crippen molar-refractivity contribution in [2.75, 3.05) is 6.61 Å². The molecule has 0 bridgehead atoms. The van der Waals surface area contributed by atoms with Gasteiger partial charge >= 0.3 is 0 Å². The lowest BCUT2D eigenvalue weighted by Gasteiger charge is -2.24. The molecule has 0 aromatic carbocycles. The van der Waals surface area contributed by atoms with Crippen LogP contribution in [0.15, 0.2) is 0 Å². The van der Waals surface area contributed by atoms with Crippen LogP contribution < -0.4 is 11.1 Å². The lowest BCUT2D eigenvalue weighted by atomic mass is 10.00. The maximum absolute atomic E-state index is 11.2. The van der Waals surface area contributed by atoms with Gasteiger partial charge in [-0.15, -0.1) is 0 Å². The molecule has 0 radical (unpaired) electrons. The van der Waals surface area contributed by atoms with Gasteiger partial charge in [0, 0.05) is 25.0 Å². The van der Waals surface area contributed by atoms with Gasteiger partial charge in [-0.3, -0.25) is 9.59 Å². The Labute approximate surface area is 83.7 Å². The number of carbonyl (C=O) groups excluding carboxylic acids is 2. The van der Waals surface area contributed by atoms with Crippen LogP contribution in [0.5, 0.6) is 0 Å². The molecule has 0 aromatic rings. The van der Waals surface area contributed by atoms with Crippen molar-refractivity contribution in [1.82, 2.24) is 5.32 Å². The van der Waals surface area contributed by atoms with Gasteiger partial charge in [0.2, 0.25) is 11.8 Å². The summed E-state index contributed by atoms with van der Waals surface area (Å²) >= 11 is 0. The fourth-order valence-electron chi connectivity index (χ4n) is 1.16. The summed E-state index contributed by atoms with van der Waals surface area (Å²) in [5, 5.41) is 11.2. The third-order valence-electron chi connectivity index (χ3n) is 1.66. The van der Waals surface area contributed by atoms with E-state index in [1.165, 1.54) is 0 Å². The van der Waals surface area contributed by atoms with Gasteiger partial charge in [-0.2, -0.15) is 0 Å². The minimum absolute atomic E-state index is 0.0102. The first-order valence-electron chi connectivity index (χ1n) is 4.57. The summed E-state index contributed by atoms with van der Waals surface area (Å²) in [7, 11) is 0. The fraction of sp³-hybridized carbons (Fsp3) is 0.778. The van der Waals surface area contributed by atoms with Gasteiger partial charge < -0.3 is 16.2 Å². The first kappa shape index (κ1) is 12.9. The van der Waals surface area contributed by atoms with E-state index in [4.69, 9.17) is 10.8 Å². The summed E-state index contributed by atoms with van der Waals surface area (Å²) in [5.74, 6) is -0.622. The second-order valence-electron chi connectivity index (χ2n) is 3.90. The highest BCUT2D eigenvalue weighted by atomic mass is 16.3. The van der Waals surface area contributed by atoms with Crippen molar-refractivity contribution >= 4 is 11.8 Å². The zero-order valence-corrected chi connectivity index (χ0v) is 8.67. The molecule has 0 rings (SSSR count). The largest absolute Gasteiger partial charge is 0.396 e. The number of aliphatic hydroxyl groups is 1. The summed E-state index contributed by atoms with van der Waals surface area (Å²) in [5.41, 5.74) is 4.41. The van der Waals surface area contributed by atoms with Gasteiger partial charge in [0.1, 0.15) is 0 Å². The molecular weight excluding hydrogens is 184 g/mol. The molecule has 0 unspecified atom stereocenters. The first-order chi connectivity index (χ1) is 6.37. The molecule has 4 N–H and O–H groups in total. The normalized spacial score (nSPS) is 11.1. The van der Waals surface area contributed by atoms with Gasteiger partial charge in [0.25, 0.3) is 0 Å². The molecule has 5 heteroatoms. The number of hydrogen-bond donors (Lipinski definition) is 3. The summed E-state index contributed by atoms with van der Waals surface area (Å²) < 4.78 is 0. The minimum atomic E-state index is -0.613. The average Bonchev–Trinajstić information content (AvgIpc) is 1.96. The lowest BCUT2D eigenvalue weighted by Crippen LogP contribution is -2.46. The number of hydrogen-bond acceptors (Lipinski definition) is 3. The molecule has 0 atom stereocenters. The second kappa shape index (κ2) is 5.59. The van der Waals surface area contributed by atoms with Crippen molar-refractivity contribution in [1.29, 1.82) is 0 Å². The zero-order chi connectivity index (χ0) is 11.2. The monoisotopic (exact) mass is 202 g/mol. The van der Waals surface area contributed by atoms with Crippen LogP contribution in [0.3, 0.4) is 0 Å². The minimum Gasteiger partial charge on any atom is -0.396 e. The number of nitrogens with two attached hydrogens (primary N) is 1. The van der Waals surface area contributed by atoms with Crippen LogP contribution in [0.2, 0.25) is 0 Å². The van der Waals surface area contributed by atoms with Gasteiger partial charge in [0.05, 0.1) is 0 Å². The highest BCUT2D eigenvalue weighted by Crippen LogP contribution is 2.07. The molecule has 14 heavy (non-hydrogen) atoms. The van der Waals surface area contributed by atoms with Crippen LogP contribution in [0.25, 0.3) is 0 Å². The molecule has 0 aromatic heterocycles. The van der Waals surface area contributed by atoms with E-state index >= 15 is 0 Å². The van der Waals surface area contributed by atoms with Gasteiger partial charge in [-0.1, -0.05) is 0 Å². The van der Waals surface area contributed by atoms with E-state index in [-0.39, 0.29) is 25.4 Å². The Bertz CT molecular complexity index is 214. The Morgan fingerprint density at radius 3 is 2.43 bits per heavy atom. The topological polar surface area (TPSA) is 92.4 Å². The number of amides is 2. The SMILES string of the molecule is CC(C)(CC(N)=O)NC(=O)CCCO. The second-order valence-corrected chi connectivity index (χ2v) is 3.90. The Morgan fingerprint density at radius 1 is 1.43 bits per heavy atom. The van der Waals surface area contributed by atoms with Crippen LogP contribution in [0.4, 0.5) is 0 Å². The molecule has 5 nitrogen and oxygen atoms in total. The maximum atomic E-state index is 11.2. The summed E-state index contributed by atoms with van der Waals surface area (Å²) in [6, 6.07) is 0. The van der Waals surface area contributed by atoms with E-state index < -0.39 is 11.4 Å². The molecule has 0 aliphatic heterocycles. The summed E-state index contributed by atoms with van der Waals surface area (Å²) in [6.07, 6.45) is 0.801. The summed E-state index contributed by atoms with van der Waals surface area (Å²) in [6.45, 7) is 3.45. The number of rotatable bonds is 6. The molecule has 0 saturated carbocycles. The molecule has 0 saturated heterocycles. The van der Waals surface area contributed by atoms with Crippen LogP contribution in [0, 0.1) is 0 Å². The Morgan fingerprint density at radius 2 is 2.00 bits per heavy atom. The van der Waals surface area contributed by atoms with Crippen molar-refractivity contribution in [3.8, 4) is 0 Å². The van der Waals surface area contributed by atoms with Crippen molar-refractivity contribution in [2.24, 2.45) is 5.73 Å². The van der Waals surface area contributed by atoms with E-state index in [1.54, 1.807) is 13.8 Å². The zero-order valence-electron chi connectivity index (χ0n) is 8.67. The number of primary amides is 1. The molecule has 0 fully saturated rings. The Kier molecular flexibility index (Phi) is 5.15. The number of carbonyl (C=O) groups is 2. The highest BCUT2D eigenvalue weighted by molar-refractivity contribution is 5.79. The van der Waals surface area contributed by atoms with Crippen molar-refractivity contribution in [3.63, 3.8) is 0 Å². The number of aliphatic hydroxyl groups excluding tert-OH is 1. The number of nitrogens with one attached hydrogen (secondary N) is 1. The molecule has 2 amide bonds. The van der Waals surface area contributed by atoms with E-state index in [1.807, 2.05) is 0 Å². The average molecular weight is 202 g/mol. The fourth-order valence-corrected chi connectivity index (χ4v) is 1.16. The smallest absolute Gasteiger partial charge is 0.220 e. The van der Waals surface area contributed by atoms with Crippen LogP contribution in [-0.4, -0.2) is 29.1 Å². The first-order valence-corrected chi connectivity index (χ1v) is 4.57. The molecule has 0 aliphatic carbocycles. The van der Waals surface area contributed by atoms with Crippen molar-refractivity contribution < 1.29 is 14.7 Å². The molecule has 0 spiro atoms. The Hall–Kier alpha value is -1.10. The van der Waals surface area contributed by atoms with Gasteiger partial charge in [0.15, 0.2) is 0 Å². The third-order valence-corrected chi connectivity index (χ3v) is 1.66. The van der Waals surface area contributed by atoms with Crippen molar-refractivity contribution in [2.45, 2.75) is 38.6 Å². The molecule has 82 valence electrons. The summed E-state index contributed by atoms with van der Waals surface area (Å²) in [4.78, 5) is 21.9. The standard InChI is InChI=1S/C9H18N2O3/c1-9(2,6-7(10)13)11-8(14)4-3-5-12/h12H,3-6H2,1-2H3,(H2,10,13)(H,11,14). The van der Waals surface area contributed by atoms with E-state index in [0.29, 0.717) is 6.42 Å². The van der Waals surface area contributed by atoms with Crippen molar-refractivity contribution in [3.05, 3.63) is 0 Å². The van der Waals surface area contributed by atoms with E-state index in [0.717, 1.165) is 0 Å². The quantitative estimate of drug-likeness (QED) is 0.543. The van der Waals surface area contributed by atoms with Crippen LogP contribution in [0.1, 0.15) is 33.1 Å². The lowest BCUT2D eigenvalue weighted by molar-refractivity contribution is -0.124. The highest BCUT2D eigenvalue weighted by Gasteiger charge is 2.22. The maximum Gasteiger partial charge on any atom is 0.220 e. The predicted molar refractivity (Wildman–Crippen MR) is 52.4 cm³/mol. The van der Waals surface area contributed by atoms with E-state index in [9.17, 15) is 9.59 Å². The Balaban J connectivity index is 3.95. The molecular formula is C9H18N2O3. The van der Waals surface area contributed by atoms with Crippen LogP contribution in [-0.2, 0) is 9.59 Å². The van der Waals surface area contributed by atoms with Gasteiger partial charge in [-0.25, -0.2) is 0 Å². The predicted octanol–water partition coefficient (Wildman–Crippen LogP) is -0.471. The van der Waals surface area contributed by atoms with Gasteiger partial charge in [-0.05, 0) is 20.3 Å². The van der Waals surface area contributed by atoms with Crippen LogP contribution >= 0.6 is 0 Å². The third kappa shape index (κ3) is 6.42. The molecule has 0 heterocycles. The molecule has 0 aliphatic rings.